The zero-order valence-electron chi connectivity index (χ0n) is 10.8. The highest BCUT2D eigenvalue weighted by Gasteiger charge is 2.15. The number of nitrogens with zero attached hydrogens (tertiary/aromatic N) is 1. The Labute approximate surface area is 107 Å². The lowest BCUT2D eigenvalue weighted by atomic mass is 9.89. The standard InChI is InChI=1S/C13H20N2O3/c1-13(2,9-16)7-4-8-14-11-6-3-5-10(15-11)12(17)18/h3,5-6,16H,4,7-9H2,1-2H3,(H,14,15)(H,17,18). The molecule has 0 fully saturated rings. The number of hydrogen-bond donors (Lipinski definition) is 3. The first-order valence-electron chi connectivity index (χ1n) is 6.00. The fourth-order valence-electron chi connectivity index (χ4n) is 1.51. The number of carbonyl (C=O) groups is 1. The topological polar surface area (TPSA) is 82.5 Å². The van der Waals surface area contributed by atoms with Crippen LogP contribution in [0.25, 0.3) is 0 Å². The maximum atomic E-state index is 10.7. The number of aromatic nitrogens is 1. The molecule has 0 atom stereocenters. The predicted molar refractivity (Wildman–Crippen MR) is 69.8 cm³/mol. The molecular weight excluding hydrogens is 232 g/mol. The van der Waals surface area contributed by atoms with Crippen molar-refractivity contribution < 1.29 is 15.0 Å². The summed E-state index contributed by atoms with van der Waals surface area (Å²) in [4.78, 5) is 14.7. The van der Waals surface area contributed by atoms with Gasteiger partial charge in [0.25, 0.3) is 0 Å². The smallest absolute Gasteiger partial charge is 0.354 e. The molecular formula is C13H20N2O3. The molecule has 5 heteroatoms. The number of aliphatic hydroxyl groups is 1. The summed E-state index contributed by atoms with van der Waals surface area (Å²) < 4.78 is 0. The maximum absolute atomic E-state index is 10.7. The lowest BCUT2D eigenvalue weighted by Crippen LogP contribution is -2.18. The summed E-state index contributed by atoms with van der Waals surface area (Å²) in [6.45, 7) is 4.89. The molecule has 3 N–H and O–H groups in total. The summed E-state index contributed by atoms with van der Waals surface area (Å²) in [5, 5.41) is 21.0. The van der Waals surface area contributed by atoms with Gasteiger partial charge in [0.2, 0.25) is 0 Å². The molecule has 0 radical (unpaired) electrons. The van der Waals surface area contributed by atoms with Gasteiger partial charge in [-0.3, -0.25) is 0 Å². The largest absolute Gasteiger partial charge is 0.477 e. The van der Waals surface area contributed by atoms with Gasteiger partial charge < -0.3 is 15.5 Å². The Hall–Kier alpha value is -1.62. The van der Waals surface area contributed by atoms with Gasteiger partial charge in [0.1, 0.15) is 5.82 Å². The molecule has 0 bridgehead atoms. The summed E-state index contributed by atoms with van der Waals surface area (Å²) in [5.74, 6) is -0.461. The van der Waals surface area contributed by atoms with Gasteiger partial charge in [-0.05, 0) is 30.4 Å². The van der Waals surface area contributed by atoms with Crippen molar-refractivity contribution in [2.75, 3.05) is 18.5 Å². The number of rotatable bonds is 7. The van der Waals surface area contributed by atoms with Crippen LogP contribution in [0, 0.1) is 5.41 Å². The van der Waals surface area contributed by atoms with E-state index in [-0.39, 0.29) is 17.7 Å². The second-order valence-electron chi connectivity index (χ2n) is 5.07. The van der Waals surface area contributed by atoms with Gasteiger partial charge in [-0.2, -0.15) is 0 Å². The zero-order chi connectivity index (χ0) is 13.6. The molecule has 1 aromatic rings. The normalized spacial score (nSPS) is 11.3. The van der Waals surface area contributed by atoms with E-state index < -0.39 is 5.97 Å². The average molecular weight is 252 g/mol. The van der Waals surface area contributed by atoms with Crippen molar-refractivity contribution in [3.63, 3.8) is 0 Å². The van der Waals surface area contributed by atoms with Crippen molar-refractivity contribution >= 4 is 11.8 Å². The fourth-order valence-corrected chi connectivity index (χ4v) is 1.51. The second kappa shape index (κ2) is 6.35. The Balaban J connectivity index is 2.40. The number of nitrogens with one attached hydrogen (secondary N) is 1. The Kier molecular flexibility index (Phi) is 5.09. The highest BCUT2D eigenvalue weighted by atomic mass is 16.4. The molecule has 0 amide bonds. The molecule has 0 unspecified atom stereocenters. The zero-order valence-corrected chi connectivity index (χ0v) is 10.8. The molecule has 1 heterocycles. The summed E-state index contributed by atoms with van der Waals surface area (Å²) in [7, 11) is 0. The Morgan fingerprint density at radius 1 is 1.44 bits per heavy atom. The summed E-state index contributed by atoms with van der Waals surface area (Å²) in [5.41, 5.74) is -0.0337. The van der Waals surface area contributed by atoms with Crippen molar-refractivity contribution in [2.24, 2.45) is 5.41 Å². The van der Waals surface area contributed by atoms with Crippen molar-refractivity contribution in [1.82, 2.24) is 4.98 Å². The molecule has 0 aliphatic carbocycles. The molecule has 1 rings (SSSR count). The Morgan fingerprint density at radius 3 is 2.78 bits per heavy atom. The van der Waals surface area contributed by atoms with E-state index in [1.165, 1.54) is 6.07 Å². The van der Waals surface area contributed by atoms with Gasteiger partial charge in [0, 0.05) is 13.2 Å². The molecule has 0 saturated carbocycles. The van der Waals surface area contributed by atoms with E-state index in [1.54, 1.807) is 12.1 Å². The monoisotopic (exact) mass is 252 g/mol. The quantitative estimate of drug-likeness (QED) is 0.646. The molecule has 0 aliphatic heterocycles. The van der Waals surface area contributed by atoms with E-state index in [0.29, 0.717) is 12.4 Å². The SMILES string of the molecule is CC(C)(CO)CCCNc1cccc(C(=O)O)n1. The summed E-state index contributed by atoms with van der Waals surface area (Å²) >= 11 is 0. The molecule has 0 saturated heterocycles. The second-order valence-corrected chi connectivity index (χ2v) is 5.07. The van der Waals surface area contributed by atoms with Crippen LogP contribution in [-0.4, -0.2) is 34.3 Å². The van der Waals surface area contributed by atoms with Gasteiger partial charge >= 0.3 is 5.97 Å². The molecule has 1 aromatic heterocycles. The van der Waals surface area contributed by atoms with Crippen LogP contribution >= 0.6 is 0 Å². The summed E-state index contributed by atoms with van der Waals surface area (Å²) in [6.07, 6.45) is 1.79. The van der Waals surface area contributed by atoms with Crippen LogP contribution in [0.4, 0.5) is 5.82 Å². The van der Waals surface area contributed by atoms with E-state index in [0.717, 1.165) is 12.8 Å². The van der Waals surface area contributed by atoms with Crippen LogP contribution in [0.15, 0.2) is 18.2 Å². The van der Waals surface area contributed by atoms with Crippen molar-refractivity contribution in [3.8, 4) is 0 Å². The number of aromatic carboxylic acids is 1. The van der Waals surface area contributed by atoms with Gasteiger partial charge in [0.15, 0.2) is 5.69 Å². The number of anilines is 1. The lowest BCUT2D eigenvalue weighted by molar-refractivity contribution is 0.0690. The third-order valence-electron chi connectivity index (χ3n) is 2.73. The van der Waals surface area contributed by atoms with E-state index in [9.17, 15) is 4.79 Å². The van der Waals surface area contributed by atoms with Crippen LogP contribution in [0.2, 0.25) is 0 Å². The predicted octanol–water partition coefficient (Wildman–Crippen LogP) is 1.99. The van der Waals surface area contributed by atoms with Crippen LogP contribution in [-0.2, 0) is 0 Å². The van der Waals surface area contributed by atoms with Crippen LogP contribution in [0.5, 0.6) is 0 Å². The van der Waals surface area contributed by atoms with Gasteiger partial charge in [-0.15, -0.1) is 0 Å². The first kappa shape index (κ1) is 14.4. The minimum atomic E-state index is -1.03. The number of pyridine rings is 1. The van der Waals surface area contributed by atoms with Crippen molar-refractivity contribution in [1.29, 1.82) is 0 Å². The van der Waals surface area contributed by atoms with E-state index in [1.807, 2.05) is 13.8 Å². The van der Waals surface area contributed by atoms with E-state index in [4.69, 9.17) is 10.2 Å². The highest BCUT2D eigenvalue weighted by Crippen LogP contribution is 2.20. The van der Waals surface area contributed by atoms with E-state index >= 15 is 0 Å². The maximum Gasteiger partial charge on any atom is 0.354 e. The first-order valence-corrected chi connectivity index (χ1v) is 6.00. The highest BCUT2D eigenvalue weighted by molar-refractivity contribution is 5.85. The molecule has 18 heavy (non-hydrogen) atoms. The van der Waals surface area contributed by atoms with Gasteiger partial charge in [-0.1, -0.05) is 19.9 Å². The number of carboxylic acid groups (broad SMARTS) is 1. The van der Waals surface area contributed by atoms with Gasteiger partial charge in [0.05, 0.1) is 0 Å². The minimum absolute atomic E-state index is 0.0377. The molecule has 0 aromatic carbocycles. The van der Waals surface area contributed by atoms with Crippen LogP contribution < -0.4 is 5.32 Å². The average Bonchev–Trinajstić information content (AvgIpc) is 2.35. The van der Waals surface area contributed by atoms with Gasteiger partial charge in [-0.25, -0.2) is 9.78 Å². The van der Waals surface area contributed by atoms with E-state index in [2.05, 4.69) is 10.3 Å². The fraction of sp³-hybridized carbons (Fsp3) is 0.538. The van der Waals surface area contributed by atoms with Crippen molar-refractivity contribution in [3.05, 3.63) is 23.9 Å². The number of carboxylic acids is 1. The van der Waals surface area contributed by atoms with Crippen molar-refractivity contribution in [2.45, 2.75) is 26.7 Å². The number of aliphatic hydroxyl groups excluding tert-OH is 1. The lowest BCUT2D eigenvalue weighted by Gasteiger charge is -2.21. The first-order chi connectivity index (χ1) is 8.44. The van der Waals surface area contributed by atoms with Crippen LogP contribution in [0.1, 0.15) is 37.2 Å². The molecule has 5 nitrogen and oxygen atoms in total. The third-order valence-corrected chi connectivity index (χ3v) is 2.73. The molecule has 100 valence electrons. The molecule has 0 aliphatic rings. The molecule has 0 spiro atoms. The Bertz CT molecular complexity index is 405. The summed E-state index contributed by atoms with van der Waals surface area (Å²) in [6, 6.07) is 4.86. The Morgan fingerprint density at radius 2 is 2.17 bits per heavy atom. The third kappa shape index (κ3) is 4.71. The minimum Gasteiger partial charge on any atom is -0.477 e. The number of hydrogen-bond acceptors (Lipinski definition) is 4. The van der Waals surface area contributed by atoms with Crippen LogP contribution in [0.3, 0.4) is 0 Å².